The van der Waals surface area contributed by atoms with Crippen molar-refractivity contribution >= 4 is 33.3 Å². The average Bonchev–Trinajstić information content (AvgIpc) is 3.21. The number of hydrogen-bond donors (Lipinski definition) is 2. The molecule has 0 fully saturated rings. The average molecular weight is 472 g/mol. The van der Waals surface area contributed by atoms with Crippen LogP contribution >= 0.6 is 11.3 Å². The van der Waals surface area contributed by atoms with Crippen LogP contribution in [0.2, 0.25) is 0 Å². The molecular weight excluding hydrogens is 446 g/mol. The van der Waals surface area contributed by atoms with E-state index in [-0.39, 0.29) is 11.7 Å². The van der Waals surface area contributed by atoms with Crippen LogP contribution < -0.4 is 14.8 Å². The molecule has 1 aromatic heterocycles. The summed E-state index contributed by atoms with van der Waals surface area (Å²) in [6.07, 6.45) is 3.20. The predicted molar refractivity (Wildman–Crippen MR) is 127 cm³/mol. The molecule has 0 radical (unpaired) electrons. The highest BCUT2D eigenvalue weighted by Crippen LogP contribution is 2.16. The number of ether oxygens (including phenoxy) is 1. The van der Waals surface area contributed by atoms with Crippen LogP contribution in [0.1, 0.15) is 27.4 Å². The van der Waals surface area contributed by atoms with E-state index in [0.717, 1.165) is 27.6 Å². The van der Waals surface area contributed by atoms with Crippen molar-refractivity contribution in [3.8, 4) is 5.75 Å². The van der Waals surface area contributed by atoms with Crippen LogP contribution in [0.5, 0.6) is 5.75 Å². The minimum Gasteiger partial charge on any atom is -0.487 e. The van der Waals surface area contributed by atoms with Gasteiger partial charge >= 0.3 is 0 Å². The highest BCUT2D eigenvalue weighted by atomic mass is 32.2. The number of sulfonamides is 1. The molecule has 0 spiro atoms. The maximum atomic E-state index is 12.1. The van der Waals surface area contributed by atoms with E-state index in [4.69, 9.17) is 4.74 Å². The highest BCUT2D eigenvalue weighted by Gasteiger charge is 2.08. The monoisotopic (exact) mass is 471 g/mol. The summed E-state index contributed by atoms with van der Waals surface area (Å²) < 4.78 is 31.2. The number of nitrogens with zero attached hydrogens (tertiary/aromatic N) is 1. The lowest BCUT2D eigenvalue weighted by molar-refractivity contribution is -0.116. The van der Waals surface area contributed by atoms with Crippen LogP contribution in [0.3, 0.4) is 0 Å². The number of carbonyl (C=O) groups excluding carboxylic acids is 1. The molecule has 168 valence electrons. The first-order valence-corrected chi connectivity index (χ1v) is 12.4. The van der Waals surface area contributed by atoms with Crippen molar-refractivity contribution in [2.45, 2.75) is 25.8 Å². The Kier molecular flexibility index (Phi) is 8.15. The van der Waals surface area contributed by atoms with Crippen LogP contribution in [0.25, 0.3) is 6.08 Å². The Morgan fingerprint density at radius 3 is 2.41 bits per heavy atom. The normalized spacial score (nSPS) is 11.6. The molecule has 1 amide bonds. The Hall–Kier alpha value is -3.01. The molecule has 1 heterocycles. The second-order valence-electron chi connectivity index (χ2n) is 7.05. The highest BCUT2D eigenvalue weighted by molar-refractivity contribution is 7.88. The molecule has 0 unspecified atom stereocenters. The first-order valence-electron chi connectivity index (χ1n) is 9.92. The van der Waals surface area contributed by atoms with Gasteiger partial charge in [-0.05, 0) is 48.9 Å². The molecule has 2 aromatic carbocycles. The Morgan fingerprint density at radius 2 is 1.78 bits per heavy atom. The number of nitrogens with one attached hydrogen (secondary N) is 2. The van der Waals surface area contributed by atoms with Crippen molar-refractivity contribution in [1.82, 2.24) is 15.0 Å². The lowest BCUT2D eigenvalue weighted by Crippen LogP contribution is -2.21. The number of carbonyl (C=O) groups is 1. The van der Waals surface area contributed by atoms with Crippen LogP contribution in [0, 0.1) is 6.92 Å². The van der Waals surface area contributed by atoms with E-state index < -0.39 is 10.0 Å². The molecule has 0 atom stereocenters. The first-order chi connectivity index (χ1) is 15.3. The molecule has 3 rings (SSSR count). The number of benzene rings is 2. The Balaban J connectivity index is 1.44. The minimum atomic E-state index is -3.30. The van der Waals surface area contributed by atoms with Gasteiger partial charge in [-0.1, -0.05) is 36.4 Å². The lowest BCUT2D eigenvalue weighted by atomic mass is 10.1. The van der Waals surface area contributed by atoms with Crippen molar-refractivity contribution < 1.29 is 17.9 Å². The summed E-state index contributed by atoms with van der Waals surface area (Å²) in [6, 6.07) is 14.6. The van der Waals surface area contributed by atoms with Gasteiger partial charge in [0, 0.05) is 18.0 Å². The van der Waals surface area contributed by atoms with Gasteiger partial charge in [-0.25, -0.2) is 18.1 Å². The van der Waals surface area contributed by atoms with Gasteiger partial charge in [-0.3, -0.25) is 4.79 Å². The predicted octanol–water partition coefficient (Wildman–Crippen LogP) is 3.41. The van der Waals surface area contributed by atoms with E-state index in [1.54, 1.807) is 41.7 Å². The van der Waals surface area contributed by atoms with Gasteiger partial charge in [0.25, 0.3) is 0 Å². The zero-order chi connectivity index (χ0) is 23.0. The van der Waals surface area contributed by atoms with E-state index in [0.29, 0.717) is 18.7 Å². The summed E-state index contributed by atoms with van der Waals surface area (Å²) in [4.78, 5) is 16.5. The summed E-state index contributed by atoms with van der Waals surface area (Å²) in [5, 5.41) is 5.81. The molecule has 0 saturated heterocycles. The fraction of sp³-hybridized carbons (Fsp3) is 0.217. The smallest absolute Gasteiger partial charge is 0.244 e. The fourth-order valence-corrected chi connectivity index (χ4v) is 4.14. The molecule has 7 nitrogen and oxygen atoms in total. The van der Waals surface area contributed by atoms with Gasteiger partial charge in [-0.15, -0.1) is 11.3 Å². The third-order valence-corrected chi connectivity index (χ3v) is 6.68. The standard InChI is InChI=1S/C23H25N3O4S2/c1-17-26-21(15-31-17)14-30-22-10-7-18(8-11-22)9-12-23(27)25-13-19-3-5-20(6-4-19)16-32(28,29)24-2/h3-12,15,24H,13-14,16H2,1-2H3,(H,25,27)/b12-9+. The van der Waals surface area contributed by atoms with E-state index in [1.807, 2.05) is 36.6 Å². The zero-order valence-corrected chi connectivity index (χ0v) is 19.5. The van der Waals surface area contributed by atoms with Gasteiger partial charge in [0.05, 0.1) is 16.5 Å². The number of hydrogen-bond acceptors (Lipinski definition) is 6. The molecule has 0 aliphatic heterocycles. The molecule has 0 bridgehead atoms. The van der Waals surface area contributed by atoms with E-state index in [2.05, 4.69) is 15.0 Å². The molecule has 0 saturated carbocycles. The summed E-state index contributed by atoms with van der Waals surface area (Å²) >= 11 is 1.59. The molecular formula is C23H25N3O4S2. The Bertz CT molecular complexity index is 1170. The third-order valence-electron chi connectivity index (χ3n) is 4.52. The Morgan fingerprint density at radius 1 is 1.09 bits per heavy atom. The quantitative estimate of drug-likeness (QED) is 0.442. The van der Waals surface area contributed by atoms with Crippen molar-refractivity contribution in [2.75, 3.05) is 7.05 Å². The molecule has 9 heteroatoms. The largest absolute Gasteiger partial charge is 0.487 e. The fourth-order valence-electron chi connectivity index (χ4n) is 2.77. The summed E-state index contributed by atoms with van der Waals surface area (Å²) in [7, 11) is -1.91. The third kappa shape index (κ3) is 7.60. The summed E-state index contributed by atoms with van der Waals surface area (Å²) in [6.45, 7) is 2.74. The van der Waals surface area contributed by atoms with Gasteiger partial charge in [0.2, 0.25) is 15.9 Å². The van der Waals surface area contributed by atoms with Crippen molar-refractivity contribution in [3.63, 3.8) is 0 Å². The van der Waals surface area contributed by atoms with E-state index in [9.17, 15) is 13.2 Å². The van der Waals surface area contributed by atoms with E-state index in [1.165, 1.54) is 13.1 Å². The first kappa shape index (κ1) is 23.6. The molecule has 0 aliphatic carbocycles. The summed E-state index contributed by atoms with van der Waals surface area (Å²) in [5.74, 6) is 0.446. The molecule has 32 heavy (non-hydrogen) atoms. The Labute approximate surface area is 192 Å². The van der Waals surface area contributed by atoms with E-state index >= 15 is 0 Å². The minimum absolute atomic E-state index is 0.0761. The number of amides is 1. The van der Waals surface area contributed by atoms with Gasteiger partial charge in [0.15, 0.2) is 0 Å². The number of aryl methyl sites for hydroxylation is 1. The van der Waals surface area contributed by atoms with Crippen LogP contribution in [-0.2, 0) is 33.7 Å². The van der Waals surface area contributed by atoms with Crippen molar-refractivity contribution in [1.29, 1.82) is 0 Å². The lowest BCUT2D eigenvalue weighted by Gasteiger charge is -2.06. The molecule has 0 aliphatic rings. The topological polar surface area (TPSA) is 97.4 Å². The molecule has 2 N–H and O–H groups in total. The number of thiazole rings is 1. The second-order valence-corrected chi connectivity index (χ2v) is 10.0. The van der Waals surface area contributed by atoms with Gasteiger partial charge in [-0.2, -0.15) is 0 Å². The van der Waals surface area contributed by atoms with Crippen LogP contribution in [0.4, 0.5) is 0 Å². The van der Waals surface area contributed by atoms with Gasteiger partial charge in [0.1, 0.15) is 12.4 Å². The zero-order valence-electron chi connectivity index (χ0n) is 17.9. The second kappa shape index (κ2) is 11.0. The van der Waals surface area contributed by atoms with Crippen molar-refractivity contribution in [3.05, 3.63) is 87.4 Å². The number of aromatic nitrogens is 1. The number of rotatable bonds is 10. The molecule has 3 aromatic rings. The van der Waals surface area contributed by atoms with Crippen molar-refractivity contribution in [2.24, 2.45) is 0 Å². The SMILES string of the molecule is CNS(=O)(=O)Cc1ccc(CNC(=O)/C=C/c2ccc(OCc3csc(C)n3)cc2)cc1. The maximum Gasteiger partial charge on any atom is 0.244 e. The van der Waals surface area contributed by atoms with Crippen LogP contribution in [0.15, 0.2) is 60.0 Å². The van der Waals surface area contributed by atoms with Gasteiger partial charge < -0.3 is 10.1 Å². The summed E-state index contributed by atoms with van der Waals surface area (Å²) in [5.41, 5.74) is 3.36. The maximum absolute atomic E-state index is 12.1. The van der Waals surface area contributed by atoms with Crippen LogP contribution in [-0.4, -0.2) is 26.4 Å².